The Bertz CT molecular complexity index is 508. The quantitative estimate of drug-likeness (QED) is 0.931. The van der Waals surface area contributed by atoms with Crippen LogP contribution in [0.15, 0.2) is 10.5 Å². The van der Waals surface area contributed by atoms with Gasteiger partial charge in [-0.2, -0.15) is 0 Å². The second-order valence-electron chi connectivity index (χ2n) is 5.07. The van der Waals surface area contributed by atoms with E-state index in [0.717, 1.165) is 15.6 Å². The minimum atomic E-state index is -0.810. The fraction of sp³-hybridized carbons (Fsp3) is 0.462. The molecule has 1 heterocycles. The molecule has 0 fully saturated rings. The van der Waals surface area contributed by atoms with Gasteiger partial charge >= 0.3 is 5.97 Å². The van der Waals surface area contributed by atoms with Crippen LogP contribution in [0.3, 0.4) is 0 Å². The van der Waals surface area contributed by atoms with Gasteiger partial charge in [0.15, 0.2) is 11.5 Å². The van der Waals surface area contributed by atoms with E-state index in [9.17, 15) is 9.90 Å². The minimum absolute atomic E-state index is 0.209. The van der Waals surface area contributed by atoms with Gasteiger partial charge in [-0.05, 0) is 60.3 Å². The Morgan fingerprint density at radius 1 is 1.44 bits per heavy atom. The Kier molecular flexibility index (Phi) is 3.27. The third kappa shape index (κ3) is 2.19. The van der Waals surface area contributed by atoms with Gasteiger partial charge in [-0.1, -0.05) is 0 Å². The fourth-order valence-electron chi connectivity index (χ4n) is 1.94. The van der Waals surface area contributed by atoms with Crippen molar-refractivity contribution in [1.82, 2.24) is 0 Å². The lowest BCUT2D eigenvalue weighted by Crippen LogP contribution is -2.26. The van der Waals surface area contributed by atoms with E-state index in [1.807, 2.05) is 13.0 Å². The van der Waals surface area contributed by atoms with Crippen LogP contribution in [0, 0.1) is 12.3 Å². The van der Waals surface area contributed by atoms with Crippen molar-refractivity contribution in [1.29, 1.82) is 0 Å². The lowest BCUT2D eigenvalue weighted by atomic mass is 9.84. The predicted octanol–water partition coefficient (Wildman–Crippen LogP) is 3.14. The molecule has 18 heavy (non-hydrogen) atoms. The highest BCUT2D eigenvalue weighted by Gasteiger charge is 2.30. The summed E-state index contributed by atoms with van der Waals surface area (Å²) in [5.41, 5.74) is 1.09. The van der Waals surface area contributed by atoms with Crippen molar-refractivity contribution in [3.63, 3.8) is 0 Å². The van der Waals surface area contributed by atoms with Crippen molar-refractivity contribution < 1.29 is 19.4 Å². The van der Waals surface area contributed by atoms with Gasteiger partial charge in [-0.15, -0.1) is 0 Å². The molecular formula is C13H15BrO4. The van der Waals surface area contributed by atoms with Crippen molar-refractivity contribution in [3.8, 4) is 11.5 Å². The normalized spacial score (nSPS) is 13.8. The molecule has 1 aliphatic rings. The Morgan fingerprint density at radius 2 is 2.06 bits per heavy atom. The molecule has 1 aromatic carbocycles. The van der Waals surface area contributed by atoms with Crippen LogP contribution in [-0.2, 0) is 11.2 Å². The van der Waals surface area contributed by atoms with Crippen LogP contribution in [0.4, 0.5) is 0 Å². The number of carbonyl (C=O) groups is 1. The lowest BCUT2D eigenvalue weighted by molar-refractivity contribution is -0.146. The van der Waals surface area contributed by atoms with E-state index in [0.29, 0.717) is 17.9 Å². The third-order valence-electron chi connectivity index (χ3n) is 3.16. The van der Waals surface area contributed by atoms with Crippen LogP contribution < -0.4 is 9.47 Å². The molecule has 98 valence electrons. The van der Waals surface area contributed by atoms with Crippen LogP contribution >= 0.6 is 15.9 Å². The smallest absolute Gasteiger partial charge is 0.309 e. The first-order chi connectivity index (χ1) is 8.33. The minimum Gasteiger partial charge on any atom is -0.481 e. The number of hydrogen-bond donors (Lipinski definition) is 1. The van der Waals surface area contributed by atoms with Crippen molar-refractivity contribution in [2.75, 3.05) is 6.79 Å². The summed E-state index contributed by atoms with van der Waals surface area (Å²) in [6, 6.07) is 1.91. The number of benzene rings is 1. The van der Waals surface area contributed by atoms with E-state index in [1.165, 1.54) is 0 Å². The van der Waals surface area contributed by atoms with Gasteiger partial charge < -0.3 is 14.6 Å². The van der Waals surface area contributed by atoms with Crippen LogP contribution in [0.1, 0.15) is 25.0 Å². The van der Waals surface area contributed by atoms with E-state index < -0.39 is 11.4 Å². The summed E-state index contributed by atoms with van der Waals surface area (Å²) in [5.74, 6) is 0.598. The SMILES string of the molecule is Cc1c(CC(C)(C)C(=O)O)cc(Br)c2c1OCO2. The van der Waals surface area contributed by atoms with E-state index in [-0.39, 0.29) is 6.79 Å². The number of aliphatic carboxylic acids is 1. The molecule has 0 atom stereocenters. The van der Waals surface area contributed by atoms with Gasteiger partial charge in [0, 0.05) is 0 Å². The largest absolute Gasteiger partial charge is 0.481 e. The molecular weight excluding hydrogens is 300 g/mol. The van der Waals surface area contributed by atoms with E-state index in [4.69, 9.17) is 9.47 Å². The maximum absolute atomic E-state index is 11.2. The van der Waals surface area contributed by atoms with Gasteiger partial charge in [0.1, 0.15) is 0 Å². The molecule has 0 saturated heterocycles. The van der Waals surface area contributed by atoms with Crippen LogP contribution in [-0.4, -0.2) is 17.9 Å². The Hall–Kier alpha value is -1.23. The molecule has 0 spiro atoms. The number of rotatable bonds is 3. The number of halogens is 1. The maximum Gasteiger partial charge on any atom is 0.309 e. The average Bonchev–Trinajstić information content (AvgIpc) is 2.74. The summed E-state index contributed by atoms with van der Waals surface area (Å²) in [6.07, 6.45) is 0.448. The van der Waals surface area contributed by atoms with Gasteiger partial charge in [0.2, 0.25) is 6.79 Å². The van der Waals surface area contributed by atoms with Crippen molar-refractivity contribution in [2.24, 2.45) is 5.41 Å². The molecule has 0 amide bonds. The molecule has 0 bridgehead atoms. The first-order valence-corrected chi connectivity index (χ1v) is 6.43. The summed E-state index contributed by atoms with van der Waals surface area (Å²) in [6.45, 7) is 5.56. The summed E-state index contributed by atoms with van der Waals surface area (Å²) in [4.78, 5) is 11.2. The highest BCUT2D eigenvalue weighted by atomic mass is 79.9. The zero-order valence-electron chi connectivity index (χ0n) is 10.5. The average molecular weight is 315 g/mol. The van der Waals surface area contributed by atoms with Crippen molar-refractivity contribution >= 4 is 21.9 Å². The Morgan fingerprint density at radius 3 is 2.67 bits per heavy atom. The van der Waals surface area contributed by atoms with Gasteiger partial charge in [-0.3, -0.25) is 4.79 Å². The number of ether oxygens (including phenoxy) is 2. The van der Waals surface area contributed by atoms with E-state index >= 15 is 0 Å². The molecule has 4 nitrogen and oxygen atoms in total. The molecule has 0 radical (unpaired) electrons. The standard InChI is InChI=1S/C13H15BrO4/c1-7-8(5-13(2,3)12(15)16)4-9(14)11-10(7)17-6-18-11/h4H,5-6H2,1-3H3,(H,15,16). The molecule has 1 N–H and O–H groups in total. The molecule has 1 aliphatic heterocycles. The highest BCUT2D eigenvalue weighted by molar-refractivity contribution is 9.10. The maximum atomic E-state index is 11.2. The second-order valence-corrected chi connectivity index (χ2v) is 5.93. The Labute approximate surface area is 114 Å². The van der Waals surface area contributed by atoms with Crippen LogP contribution in [0.2, 0.25) is 0 Å². The van der Waals surface area contributed by atoms with Gasteiger partial charge in [0.05, 0.1) is 9.89 Å². The molecule has 0 aliphatic carbocycles. The number of carboxylic acids is 1. The summed E-state index contributed by atoms with van der Waals surface area (Å²) in [7, 11) is 0. The van der Waals surface area contributed by atoms with E-state index in [2.05, 4.69) is 15.9 Å². The van der Waals surface area contributed by atoms with E-state index in [1.54, 1.807) is 13.8 Å². The summed E-state index contributed by atoms with van der Waals surface area (Å²) in [5, 5.41) is 9.19. The third-order valence-corrected chi connectivity index (χ3v) is 3.75. The second kappa shape index (κ2) is 4.46. The molecule has 0 aromatic heterocycles. The highest BCUT2D eigenvalue weighted by Crippen LogP contribution is 2.44. The molecule has 1 aromatic rings. The zero-order valence-corrected chi connectivity index (χ0v) is 12.1. The van der Waals surface area contributed by atoms with Crippen LogP contribution in [0.5, 0.6) is 11.5 Å². The van der Waals surface area contributed by atoms with Gasteiger partial charge in [-0.25, -0.2) is 0 Å². The predicted molar refractivity (Wildman–Crippen MR) is 70.1 cm³/mol. The van der Waals surface area contributed by atoms with Crippen LogP contribution in [0.25, 0.3) is 0 Å². The monoisotopic (exact) mass is 314 g/mol. The Balaban J connectivity index is 2.42. The molecule has 0 unspecified atom stereocenters. The van der Waals surface area contributed by atoms with Gasteiger partial charge in [0.25, 0.3) is 0 Å². The lowest BCUT2D eigenvalue weighted by Gasteiger charge is -2.21. The number of carboxylic acid groups (broad SMARTS) is 1. The zero-order chi connectivity index (χ0) is 13.5. The molecule has 5 heteroatoms. The number of hydrogen-bond acceptors (Lipinski definition) is 3. The topological polar surface area (TPSA) is 55.8 Å². The fourth-order valence-corrected chi connectivity index (χ4v) is 2.51. The molecule has 2 rings (SSSR count). The first-order valence-electron chi connectivity index (χ1n) is 5.64. The first kappa shape index (κ1) is 13.2. The summed E-state index contributed by atoms with van der Waals surface area (Å²) < 4.78 is 11.6. The van der Waals surface area contributed by atoms with Crippen molar-refractivity contribution in [3.05, 3.63) is 21.7 Å². The number of fused-ring (bicyclic) bond motifs is 1. The van der Waals surface area contributed by atoms with Crippen molar-refractivity contribution in [2.45, 2.75) is 27.2 Å². The summed E-state index contributed by atoms with van der Waals surface area (Å²) >= 11 is 3.42. The molecule has 0 saturated carbocycles.